The maximum Gasteiger partial charge on any atom is 0.332 e. The molecule has 0 aliphatic carbocycles. The summed E-state index contributed by atoms with van der Waals surface area (Å²) >= 11 is 0. The Hall–Kier alpha value is -2.74. The highest BCUT2D eigenvalue weighted by Gasteiger charge is 2.45. The van der Waals surface area contributed by atoms with Gasteiger partial charge in [0.1, 0.15) is 0 Å². The Morgan fingerprint density at radius 2 is 1.89 bits per heavy atom. The van der Waals surface area contributed by atoms with Crippen molar-refractivity contribution in [1.29, 1.82) is 0 Å². The first-order valence-corrected chi connectivity index (χ1v) is 9.14. The van der Waals surface area contributed by atoms with Gasteiger partial charge in [0.15, 0.2) is 5.92 Å². The molecule has 1 aromatic rings. The Bertz CT molecular complexity index is 740. The molecule has 1 aromatic heterocycles. The average molecular weight is 371 g/mol. The highest BCUT2D eigenvalue weighted by atomic mass is 16.2. The Morgan fingerprint density at radius 1 is 1.19 bits per heavy atom. The van der Waals surface area contributed by atoms with Crippen molar-refractivity contribution in [2.75, 3.05) is 20.6 Å². The molecule has 0 bridgehead atoms. The highest BCUT2D eigenvalue weighted by Crippen LogP contribution is 2.30. The monoisotopic (exact) mass is 371 g/mol. The standard InChI is InChI=1S/C19H25N5O3/c1-4-14(16-17(25)22(2)19(27)23(3)18(16)26)21-24-11-6-5-9-15(24)13-8-7-10-20-12-13/h4,7-8,10,12,15-16,21H,5-6,9,11H2,1-3H3/b14-4-/t15-/m1/s1. The second kappa shape index (κ2) is 7.87. The Kier molecular flexibility index (Phi) is 5.55. The fraction of sp³-hybridized carbons (Fsp3) is 0.474. The molecule has 0 spiro atoms. The highest BCUT2D eigenvalue weighted by molar-refractivity contribution is 6.17. The number of carbonyl (C=O) groups excluding carboxylic acids is 3. The summed E-state index contributed by atoms with van der Waals surface area (Å²) in [6.07, 6.45) is 8.39. The molecular formula is C19H25N5O3. The smallest absolute Gasteiger partial charge is 0.321 e. The van der Waals surface area contributed by atoms with Gasteiger partial charge in [-0.05, 0) is 31.4 Å². The lowest BCUT2D eigenvalue weighted by molar-refractivity contribution is -0.146. The van der Waals surface area contributed by atoms with Gasteiger partial charge in [0.25, 0.3) is 0 Å². The number of hydrogen-bond donors (Lipinski definition) is 1. The SMILES string of the molecule is C/C=C(\NN1CCCC[C@@H]1c1cccnc1)C1C(=O)N(C)C(=O)N(C)C1=O. The molecule has 4 amide bonds. The van der Waals surface area contributed by atoms with E-state index in [0.29, 0.717) is 5.70 Å². The molecule has 8 nitrogen and oxygen atoms in total. The van der Waals surface area contributed by atoms with Crippen molar-refractivity contribution >= 4 is 17.8 Å². The van der Waals surface area contributed by atoms with Crippen LogP contribution in [-0.4, -0.2) is 58.3 Å². The number of allylic oxidation sites excluding steroid dienone is 1. The van der Waals surface area contributed by atoms with E-state index < -0.39 is 23.8 Å². The van der Waals surface area contributed by atoms with Crippen LogP contribution in [0.5, 0.6) is 0 Å². The molecule has 1 atom stereocenters. The van der Waals surface area contributed by atoms with Gasteiger partial charge in [-0.2, -0.15) is 0 Å². The Balaban J connectivity index is 1.84. The molecule has 3 rings (SSSR count). The van der Waals surface area contributed by atoms with Crippen LogP contribution >= 0.6 is 0 Å². The summed E-state index contributed by atoms with van der Waals surface area (Å²) in [5.74, 6) is -2.07. The second-order valence-electron chi connectivity index (χ2n) is 6.86. The first-order valence-electron chi connectivity index (χ1n) is 9.14. The van der Waals surface area contributed by atoms with Gasteiger partial charge in [-0.1, -0.05) is 18.6 Å². The van der Waals surface area contributed by atoms with E-state index in [0.717, 1.165) is 41.2 Å². The molecule has 1 N–H and O–H groups in total. The van der Waals surface area contributed by atoms with Crippen molar-refractivity contribution in [2.24, 2.45) is 5.92 Å². The minimum atomic E-state index is -1.04. The van der Waals surface area contributed by atoms with Gasteiger partial charge in [0.2, 0.25) is 11.8 Å². The number of aromatic nitrogens is 1. The first-order chi connectivity index (χ1) is 13.0. The molecule has 0 saturated carbocycles. The largest absolute Gasteiger partial charge is 0.332 e. The van der Waals surface area contributed by atoms with E-state index in [-0.39, 0.29) is 6.04 Å². The minimum absolute atomic E-state index is 0.105. The summed E-state index contributed by atoms with van der Waals surface area (Å²) in [5.41, 5.74) is 4.88. The van der Waals surface area contributed by atoms with E-state index in [1.807, 2.05) is 18.3 Å². The molecule has 2 aliphatic rings. The summed E-state index contributed by atoms with van der Waals surface area (Å²) < 4.78 is 0. The topological polar surface area (TPSA) is 85.8 Å². The number of nitrogens with zero attached hydrogens (tertiary/aromatic N) is 4. The van der Waals surface area contributed by atoms with E-state index in [9.17, 15) is 14.4 Å². The van der Waals surface area contributed by atoms with Crippen LogP contribution in [0.15, 0.2) is 36.3 Å². The lowest BCUT2D eigenvalue weighted by Gasteiger charge is -2.40. The number of amides is 4. The fourth-order valence-corrected chi connectivity index (χ4v) is 3.62. The Labute approximate surface area is 158 Å². The van der Waals surface area contributed by atoms with Crippen molar-refractivity contribution in [3.05, 3.63) is 41.9 Å². The number of hydrazine groups is 1. The lowest BCUT2D eigenvalue weighted by Crippen LogP contribution is -2.59. The van der Waals surface area contributed by atoms with Crippen LogP contribution in [0.1, 0.15) is 37.8 Å². The van der Waals surface area contributed by atoms with Gasteiger partial charge in [0, 0.05) is 38.7 Å². The van der Waals surface area contributed by atoms with Gasteiger partial charge >= 0.3 is 6.03 Å². The molecule has 3 heterocycles. The van der Waals surface area contributed by atoms with Gasteiger partial charge < -0.3 is 5.43 Å². The third-order valence-electron chi connectivity index (χ3n) is 5.20. The van der Waals surface area contributed by atoms with E-state index in [4.69, 9.17) is 0 Å². The molecule has 0 radical (unpaired) electrons. The van der Waals surface area contributed by atoms with Crippen LogP contribution < -0.4 is 5.43 Å². The number of carbonyl (C=O) groups is 3. The molecule has 2 fully saturated rings. The maximum atomic E-state index is 12.6. The molecule has 2 aliphatic heterocycles. The number of rotatable bonds is 4. The summed E-state index contributed by atoms with van der Waals surface area (Å²) in [5, 5.41) is 2.06. The maximum absolute atomic E-state index is 12.6. The molecule has 144 valence electrons. The normalized spacial score (nSPS) is 23.1. The molecule has 2 saturated heterocycles. The number of imide groups is 2. The summed E-state index contributed by atoms with van der Waals surface area (Å²) in [6, 6.07) is 3.43. The van der Waals surface area contributed by atoms with Crippen LogP contribution in [0.3, 0.4) is 0 Å². The van der Waals surface area contributed by atoms with E-state index in [1.165, 1.54) is 14.1 Å². The van der Waals surface area contributed by atoms with Gasteiger partial charge in [-0.15, -0.1) is 0 Å². The van der Waals surface area contributed by atoms with Crippen LogP contribution in [0.2, 0.25) is 0 Å². The number of nitrogens with one attached hydrogen (secondary N) is 1. The Morgan fingerprint density at radius 3 is 2.48 bits per heavy atom. The van der Waals surface area contributed by atoms with E-state index in [1.54, 1.807) is 19.2 Å². The zero-order chi connectivity index (χ0) is 19.6. The van der Waals surface area contributed by atoms with Gasteiger partial charge in [-0.25, -0.2) is 9.80 Å². The third kappa shape index (κ3) is 3.57. The predicted octanol–water partition coefficient (Wildman–Crippen LogP) is 1.68. The number of urea groups is 1. The molecule has 8 heteroatoms. The van der Waals surface area contributed by atoms with Crippen molar-refractivity contribution in [2.45, 2.75) is 32.2 Å². The molecule has 27 heavy (non-hydrogen) atoms. The zero-order valence-electron chi connectivity index (χ0n) is 15.9. The van der Waals surface area contributed by atoms with Crippen molar-refractivity contribution in [3.63, 3.8) is 0 Å². The van der Waals surface area contributed by atoms with Crippen molar-refractivity contribution < 1.29 is 14.4 Å². The summed E-state index contributed by atoms with van der Waals surface area (Å²) in [4.78, 5) is 43.4. The van der Waals surface area contributed by atoms with Crippen LogP contribution in [0.4, 0.5) is 4.79 Å². The first kappa shape index (κ1) is 19.0. The number of piperidine rings is 1. The molecular weight excluding hydrogens is 346 g/mol. The van der Waals surface area contributed by atoms with Crippen LogP contribution in [-0.2, 0) is 9.59 Å². The number of hydrogen-bond acceptors (Lipinski definition) is 6. The molecule has 0 unspecified atom stereocenters. The third-order valence-corrected chi connectivity index (χ3v) is 5.20. The van der Waals surface area contributed by atoms with Crippen molar-refractivity contribution in [3.8, 4) is 0 Å². The second-order valence-corrected chi connectivity index (χ2v) is 6.86. The summed E-state index contributed by atoms with van der Waals surface area (Å²) in [7, 11) is 2.79. The van der Waals surface area contributed by atoms with Gasteiger partial charge in [0.05, 0.1) is 6.04 Å². The number of barbiturate groups is 1. The lowest BCUT2D eigenvalue weighted by atomic mass is 9.97. The van der Waals surface area contributed by atoms with Crippen molar-refractivity contribution in [1.82, 2.24) is 25.2 Å². The average Bonchev–Trinajstić information content (AvgIpc) is 2.71. The minimum Gasteiger partial charge on any atom is -0.321 e. The van der Waals surface area contributed by atoms with Crippen LogP contribution in [0.25, 0.3) is 0 Å². The predicted molar refractivity (Wildman–Crippen MR) is 98.9 cm³/mol. The number of pyridine rings is 1. The zero-order valence-corrected chi connectivity index (χ0v) is 15.9. The quantitative estimate of drug-likeness (QED) is 0.811. The van der Waals surface area contributed by atoms with E-state index >= 15 is 0 Å². The molecule has 0 aromatic carbocycles. The van der Waals surface area contributed by atoms with Crippen LogP contribution in [0, 0.1) is 5.92 Å². The van der Waals surface area contributed by atoms with Gasteiger partial charge in [-0.3, -0.25) is 24.4 Å². The van der Waals surface area contributed by atoms with E-state index in [2.05, 4.69) is 15.4 Å². The summed E-state index contributed by atoms with van der Waals surface area (Å²) in [6.45, 7) is 2.57. The fourth-order valence-electron chi connectivity index (χ4n) is 3.62.